The van der Waals surface area contributed by atoms with E-state index in [1.54, 1.807) is 6.07 Å². The first-order valence-electron chi connectivity index (χ1n) is 7.22. The Morgan fingerprint density at radius 2 is 2.22 bits per heavy atom. The molecule has 8 heteroatoms. The smallest absolute Gasteiger partial charge is 0.262 e. The van der Waals surface area contributed by atoms with Crippen LogP contribution in [0.3, 0.4) is 0 Å². The third-order valence-electron chi connectivity index (χ3n) is 3.39. The molecule has 0 saturated heterocycles. The van der Waals surface area contributed by atoms with E-state index in [0.29, 0.717) is 23.0 Å². The molecule has 0 bridgehead atoms. The van der Waals surface area contributed by atoms with Gasteiger partial charge in [-0.15, -0.1) is 22.7 Å². The Morgan fingerprint density at radius 3 is 2.96 bits per heavy atom. The van der Waals surface area contributed by atoms with Gasteiger partial charge in [0.2, 0.25) is 5.91 Å². The van der Waals surface area contributed by atoms with Gasteiger partial charge in [-0.25, -0.2) is 9.97 Å². The van der Waals surface area contributed by atoms with E-state index in [0.717, 1.165) is 10.5 Å². The van der Waals surface area contributed by atoms with Gasteiger partial charge in [-0.05, 0) is 17.4 Å². The third-order valence-corrected chi connectivity index (χ3v) is 4.99. The molecule has 120 valence electrons. The molecule has 1 N–H and O–H groups in total. The van der Waals surface area contributed by atoms with Crippen molar-refractivity contribution in [2.75, 3.05) is 5.32 Å². The van der Waals surface area contributed by atoms with Crippen LogP contribution in [0, 0.1) is 0 Å². The molecule has 0 aromatic carbocycles. The highest BCUT2D eigenvalue weighted by Gasteiger charge is 2.10. The van der Waals surface area contributed by atoms with E-state index in [-0.39, 0.29) is 17.9 Å². The number of fused-ring (bicyclic) bond motifs is 1. The van der Waals surface area contributed by atoms with Crippen molar-refractivity contribution < 1.29 is 4.79 Å². The minimum Gasteiger partial charge on any atom is -0.302 e. The van der Waals surface area contributed by atoms with E-state index >= 15 is 0 Å². The first kappa shape index (κ1) is 15.8. The predicted octanol–water partition coefficient (Wildman–Crippen LogP) is 3.07. The van der Waals surface area contributed by atoms with Crippen LogP contribution in [0.25, 0.3) is 10.2 Å². The van der Waals surface area contributed by atoms with E-state index < -0.39 is 0 Å². The molecule has 0 unspecified atom stereocenters. The highest BCUT2D eigenvalue weighted by atomic mass is 32.1. The topological polar surface area (TPSA) is 76.9 Å². The van der Waals surface area contributed by atoms with Crippen molar-refractivity contribution in [1.29, 1.82) is 0 Å². The van der Waals surface area contributed by atoms with Gasteiger partial charge in [0.05, 0.1) is 17.4 Å². The molecule has 0 spiro atoms. The summed E-state index contributed by atoms with van der Waals surface area (Å²) in [6.45, 7) is 4.41. The number of carbonyl (C=O) groups is 1. The van der Waals surface area contributed by atoms with Crippen molar-refractivity contribution in [2.45, 2.75) is 32.7 Å². The molecule has 3 rings (SSSR count). The number of thiophene rings is 1. The minimum atomic E-state index is -0.160. The van der Waals surface area contributed by atoms with Gasteiger partial charge in [-0.2, -0.15) is 0 Å². The molecule has 23 heavy (non-hydrogen) atoms. The Hall–Kier alpha value is -2.06. The monoisotopic (exact) mass is 348 g/mol. The van der Waals surface area contributed by atoms with Gasteiger partial charge < -0.3 is 5.32 Å². The number of nitrogens with one attached hydrogen (secondary N) is 1. The molecule has 0 aliphatic rings. The quantitative estimate of drug-likeness (QED) is 0.769. The average Bonchev–Trinajstić information content (AvgIpc) is 3.15. The highest BCUT2D eigenvalue weighted by Crippen LogP contribution is 2.21. The molecule has 3 aromatic rings. The fraction of sp³-hybridized carbons (Fsp3) is 0.333. The molecule has 0 aliphatic heterocycles. The Labute approximate surface area is 140 Å². The number of anilines is 1. The average molecular weight is 348 g/mol. The van der Waals surface area contributed by atoms with E-state index in [4.69, 9.17) is 0 Å². The maximum Gasteiger partial charge on any atom is 0.262 e. The zero-order valence-corrected chi connectivity index (χ0v) is 14.4. The van der Waals surface area contributed by atoms with Crippen molar-refractivity contribution in [3.05, 3.63) is 39.2 Å². The number of carbonyl (C=O) groups excluding carboxylic acids is 1. The number of rotatable bonds is 5. The summed E-state index contributed by atoms with van der Waals surface area (Å²) in [6, 6.07) is 1.76. The fourth-order valence-electron chi connectivity index (χ4n) is 2.07. The molecule has 0 radical (unpaired) electrons. The van der Waals surface area contributed by atoms with Crippen molar-refractivity contribution in [3.8, 4) is 0 Å². The minimum absolute atomic E-state index is 0.111. The zero-order chi connectivity index (χ0) is 16.4. The van der Waals surface area contributed by atoms with Crippen LogP contribution in [0.1, 0.15) is 31.9 Å². The summed E-state index contributed by atoms with van der Waals surface area (Å²) in [6.07, 6.45) is 1.70. The summed E-state index contributed by atoms with van der Waals surface area (Å²) in [5, 5.41) is 7.75. The summed E-state index contributed by atoms with van der Waals surface area (Å²) in [5.41, 5.74) is 0.856. The molecule has 0 saturated carbocycles. The second-order valence-corrected chi connectivity index (χ2v) is 7.17. The standard InChI is InChI=1S/C15H16N4O2S2/c1-9(2)11-7-23-15(17-11)18-12(20)3-5-19-8-16-13-10(14(19)21)4-6-22-13/h4,6-9H,3,5H2,1-2H3,(H,17,18,20). The Bertz CT molecular complexity index is 894. The van der Waals surface area contributed by atoms with Crippen LogP contribution in [0.15, 0.2) is 27.9 Å². The Balaban J connectivity index is 1.63. The van der Waals surface area contributed by atoms with Crippen molar-refractivity contribution in [3.63, 3.8) is 0 Å². The van der Waals surface area contributed by atoms with Crippen molar-refractivity contribution in [2.24, 2.45) is 0 Å². The van der Waals surface area contributed by atoms with Gasteiger partial charge in [-0.1, -0.05) is 13.8 Å². The normalized spacial score (nSPS) is 11.3. The fourth-order valence-corrected chi connectivity index (χ4v) is 3.68. The molecule has 3 heterocycles. The van der Waals surface area contributed by atoms with Gasteiger partial charge in [0.25, 0.3) is 5.56 Å². The summed E-state index contributed by atoms with van der Waals surface area (Å²) >= 11 is 2.84. The summed E-state index contributed by atoms with van der Waals surface area (Å²) < 4.78 is 1.47. The lowest BCUT2D eigenvalue weighted by Gasteiger charge is -2.05. The number of amides is 1. The molecule has 6 nitrogen and oxygen atoms in total. The van der Waals surface area contributed by atoms with E-state index in [2.05, 4.69) is 29.1 Å². The summed E-state index contributed by atoms with van der Waals surface area (Å²) in [7, 11) is 0. The number of nitrogens with zero attached hydrogens (tertiary/aromatic N) is 3. The molecule has 1 amide bonds. The van der Waals surface area contributed by atoms with E-state index in [9.17, 15) is 9.59 Å². The molecular weight excluding hydrogens is 332 g/mol. The number of aryl methyl sites for hydroxylation is 1. The van der Waals surface area contributed by atoms with Gasteiger partial charge in [0.1, 0.15) is 4.83 Å². The summed E-state index contributed by atoms with van der Waals surface area (Å²) in [4.78, 5) is 33.5. The van der Waals surface area contributed by atoms with Crippen LogP contribution < -0.4 is 10.9 Å². The molecule has 0 fully saturated rings. The number of hydrogen-bond donors (Lipinski definition) is 1. The highest BCUT2D eigenvalue weighted by molar-refractivity contribution is 7.16. The van der Waals surface area contributed by atoms with E-state index in [1.807, 2.05) is 10.8 Å². The van der Waals surface area contributed by atoms with Crippen LogP contribution in [-0.4, -0.2) is 20.4 Å². The van der Waals surface area contributed by atoms with Gasteiger partial charge in [0, 0.05) is 18.3 Å². The lowest BCUT2D eigenvalue weighted by Crippen LogP contribution is -2.23. The second-order valence-electron chi connectivity index (χ2n) is 5.41. The van der Waals surface area contributed by atoms with Crippen molar-refractivity contribution in [1.82, 2.24) is 14.5 Å². The van der Waals surface area contributed by atoms with Crippen molar-refractivity contribution >= 4 is 43.9 Å². The molecule has 0 aliphatic carbocycles. The maximum absolute atomic E-state index is 12.2. The van der Waals surface area contributed by atoms with Crippen LogP contribution in [-0.2, 0) is 11.3 Å². The first-order chi connectivity index (χ1) is 11.0. The van der Waals surface area contributed by atoms with Gasteiger partial charge >= 0.3 is 0 Å². The van der Waals surface area contributed by atoms with Crippen LogP contribution in [0.5, 0.6) is 0 Å². The zero-order valence-electron chi connectivity index (χ0n) is 12.8. The molecular formula is C15H16N4O2S2. The number of aromatic nitrogens is 3. The third kappa shape index (κ3) is 3.48. The number of hydrogen-bond acceptors (Lipinski definition) is 6. The lowest BCUT2D eigenvalue weighted by atomic mass is 10.2. The lowest BCUT2D eigenvalue weighted by molar-refractivity contribution is -0.116. The van der Waals surface area contributed by atoms with Gasteiger partial charge in [0.15, 0.2) is 5.13 Å². The van der Waals surface area contributed by atoms with Gasteiger partial charge in [-0.3, -0.25) is 14.2 Å². The first-order valence-corrected chi connectivity index (χ1v) is 8.98. The van der Waals surface area contributed by atoms with Crippen LogP contribution >= 0.6 is 22.7 Å². The largest absolute Gasteiger partial charge is 0.302 e. The summed E-state index contributed by atoms with van der Waals surface area (Å²) in [5.74, 6) is 0.172. The Morgan fingerprint density at radius 1 is 1.39 bits per heavy atom. The molecule has 0 atom stereocenters. The second kappa shape index (κ2) is 6.59. The maximum atomic E-state index is 12.2. The SMILES string of the molecule is CC(C)c1csc(NC(=O)CCn2cnc3sccc3c2=O)n1. The molecule has 3 aromatic heterocycles. The number of thiazole rings is 1. The predicted molar refractivity (Wildman–Crippen MR) is 93.3 cm³/mol. The van der Waals surface area contributed by atoms with Crippen LogP contribution in [0.2, 0.25) is 0 Å². The van der Waals surface area contributed by atoms with E-state index in [1.165, 1.54) is 33.6 Å². The van der Waals surface area contributed by atoms with Crippen LogP contribution in [0.4, 0.5) is 5.13 Å². The Kier molecular flexibility index (Phi) is 4.53.